The lowest BCUT2D eigenvalue weighted by molar-refractivity contribution is -0.134. The molecule has 8 heteroatoms. The Morgan fingerprint density at radius 3 is 3.00 bits per heavy atom. The molecule has 3 atom stereocenters. The van der Waals surface area contributed by atoms with E-state index in [4.69, 9.17) is 4.74 Å². The van der Waals surface area contributed by atoms with E-state index in [-0.39, 0.29) is 24.0 Å². The second kappa shape index (κ2) is 6.67. The van der Waals surface area contributed by atoms with Crippen molar-refractivity contribution < 1.29 is 14.3 Å². The summed E-state index contributed by atoms with van der Waals surface area (Å²) in [5.74, 6) is 0.232. The van der Waals surface area contributed by atoms with Crippen LogP contribution in [-0.2, 0) is 9.53 Å². The summed E-state index contributed by atoms with van der Waals surface area (Å²) in [5, 5.41) is 3.01. The van der Waals surface area contributed by atoms with Crippen LogP contribution < -0.4 is 5.32 Å². The van der Waals surface area contributed by atoms with Gasteiger partial charge in [0, 0.05) is 51.7 Å². The Balaban J connectivity index is 1.51. The standard InChI is InChI=1S/C15H23N5O3/c1-19(2)13(21)6-12-8-20-7-10(5-11(20)9-23-12)18-15(22)14-16-3-4-17-14/h3-4,10-12H,5-9H2,1-2H3,(H,16,17)(H,18,22)/t10-,11+,12+/m1/s1. The van der Waals surface area contributed by atoms with Crippen molar-refractivity contribution in [2.45, 2.75) is 31.0 Å². The van der Waals surface area contributed by atoms with Gasteiger partial charge in [0.25, 0.3) is 5.91 Å². The molecule has 3 heterocycles. The van der Waals surface area contributed by atoms with Crippen molar-refractivity contribution in [2.24, 2.45) is 0 Å². The van der Waals surface area contributed by atoms with E-state index >= 15 is 0 Å². The van der Waals surface area contributed by atoms with Gasteiger partial charge in [-0.1, -0.05) is 0 Å². The van der Waals surface area contributed by atoms with Crippen molar-refractivity contribution in [3.63, 3.8) is 0 Å². The molecule has 0 aliphatic carbocycles. The molecule has 0 unspecified atom stereocenters. The minimum atomic E-state index is -0.180. The molecule has 2 N–H and O–H groups in total. The van der Waals surface area contributed by atoms with E-state index in [1.807, 2.05) is 0 Å². The monoisotopic (exact) mass is 321 g/mol. The second-order valence-electron chi connectivity index (χ2n) is 6.40. The van der Waals surface area contributed by atoms with Crippen LogP contribution in [0.5, 0.6) is 0 Å². The fourth-order valence-electron chi connectivity index (χ4n) is 3.19. The smallest absolute Gasteiger partial charge is 0.287 e. The summed E-state index contributed by atoms with van der Waals surface area (Å²) >= 11 is 0. The van der Waals surface area contributed by atoms with Gasteiger partial charge in [0.05, 0.1) is 19.1 Å². The van der Waals surface area contributed by atoms with E-state index in [1.165, 1.54) is 0 Å². The lowest BCUT2D eigenvalue weighted by Gasteiger charge is -2.35. The number of carbonyl (C=O) groups is 2. The van der Waals surface area contributed by atoms with Crippen molar-refractivity contribution in [3.05, 3.63) is 18.2 Å². The summed E-state index contributed by atoms with van der Waals surface area (Å²) in [4.78, 5) is 34.5. The minimum absolute atomic E-state index is 0.0688. The van der Waals surface area contributed by atoms with Crippen LogP contribution in [0, 0.1) is 0 Å². The van der Waals surface area contributed by atoms with Crippen LogP contribution in [0.1, 0.15) is 23.5 Å². The number of ether oxygens (including phenoxy) is 1. The molecule has 8 nitrogen and oxygen atoms in total. The highest BCUT2D eigenvalue weighted by Gasteiger charge is 2.38. The number of carbonyl (C=O) groups excluding carboxylic acids is 2. The molecule has 23 heavy (non-hydrogen) atoms. The Hall–Kier alpha value is -1.93. The maximum absolute atomic E-state index is 12.0. The van der Waals surface area contributed by atoms with Gasteiger partial charge in [-0.15, -0.1) is 0 Å². The highest BCUT2D eigenvalue weighted by molar-refractivity contribution is 5.90. The Labute approximate surface area is 135 Å². The molecular formula is C15H23N5O3. The Morgan fingerprint density at radius 2 is 2.30 bits per heavy atom. The number of amides is 2. The zero-order chi connectivity index (χ0) is 16.4. The Kier molecular flexibility index (Phi) is 4.63. The first-order valence-electron chi connectivity index (χ1n) is 7.89. The van der Waals surface area contributed by atoms with Gasteiger partial charge in [0.1, 0.15) is 0 Å². The maximum atomic E-state index is 12.0. The molecule has 0 bridgehead atoms. The first-order valence-corrected chi connectivity index (χ1v) is 7.89. The number of H-pyrrole nitrogens is 1. The molecule has 2 aliphatic rings. The van der Waals surface area contributed by atoms with Gasteiger partial charge >= 0.3 is 0 Å². The van der Waals surface area contributed by atoms with Gasteiger partial charge in [-0.2, -0.15) is 0 Å². The lowest BCUT2D eigenvalue weighted by atomic mass is 10.1. The summed E-state index contributed by atoms with van der Waals surface area (Å²) in [6.07, 6.45) is 4.39. The molecule has 2 fully saturated rings. The molecule has 2 amide bonds. The molecule has 1 aromatic rings. The molecule has 0 saturated carbocycles. The van der Waals surface area contributed by atoms with Crippen LogP contribution in [0.3, 0.4) is 0 Å². The van der Waals surface area contributed by atoms with Gasteiger partial charge < -0.3 is 19.9 Å². The van der Waals surface area contributed by atoms with Crippen LogP contribution in [0.25, 0.3) is 0 Å². The number of hydrogen-bond acceptors (Lipinski definition) is 5. The van der Waals surface area contributed by atoms with E-state index in [0.29, 0.717) is 24.9 Å². The van der Waals surface area contributed by atoms with Crippen LogP contribution in [0.4, 0.5) is 0 Å². The van der Waals surface area contributed by atoms with E-state index < -0.39 is 0 Å². The molecule has 126 valence electrons. The molecule has 3 rings (SSSR count). The van der Waals surface area contributed by atoms with E-state index in [9.17, 15) is 9.59 Å². The Morgan fingerprint density at radius 1 is 1.48 bits per heavy atom. The average Bonchev–Trinajstić information content (AvgIpc) is 3.15. The maximum Gasteiger partial charge on any atom is 0.287 e. The van der Waals surface area contributed by atoms with Crippen LogP contribution in [-0.4, -0.2) is 83.6 Å². The highest BCUT2D eigenvalue weighted by atomic mass is 16.5. The summed E-state index contributed by atoms with van der Waals surface area (Å²) in [6, 6.07) is 0.395. The van der Waals surface area contributed by atoms with Crippen molar-refractivity contribution in [1.29, 1.82) is 0 Å². The van der Waals surface area contributed by atoms with Crippen LogP contribution in [0.15, 0.2) is 12.4 Å². The number of nitrogens with one attached hydrogen (secondary N) is 2. The molecule has 0 aromatic carbocycles. The average molecular weight is 321 g/mol. The quantitative estimate of drug-likeness (QED) is 0.777. The van der Waals surface area contributed by atoms with Gasteiger partial charge in [0.15, 0.2) is 5.82 Å². The molecule has 2 saturated heterocycles. The van der Waals surface area contributed by atoms with Crippen LogP contribution in [0.2, 0.25) is 0 Å². The number of aromatic nitrogens is 2. The fourth-order valence-corrected chi connectivity index (χ4v) is 3.19. The number of aromatic amines is 1. The third-order valence-electron chi connectivity index (χ3n) is 4.44. The predicted octanol–water partition coefficient (Wildman–Crippen LogP) is -0.540. The minimum Gasteiger partial charge on any atom is -0.375 e. The number of morpholine rings is 1. The molecule has 0 spiro atoms. The zero-order valence-corrected chi connectivity index (χ0v) is 13.5. The summed E-state index contributed by atoms with van der Waals surface area (Å²) in [7, 11) is 3.51. The highest BCUT2D eigenvalue weighted by Crippen LogP contribution is 2.24. The lowest BCUT2D eigenvalue weighted by Crippen LogP contribution is -2.47. The number of hydrogen-bond donors (Lipinski definition) is 2. The largest absolute Gasteiger partial charge is 0.375 e. The fraction of sp³-hybridized carbons (Fsp3) is 0.667. The topological polar surface area (TPSA) is 90.6 Å². The number of imidazole rings is 1. The van der Waals surface area contributed by atoms with Gasteiger partial charge in [-0.3, -0.25) is 14.5 Å². The van der Waals surface area contributed by atoms with Gasteiger partial charge in [-0.05, 0) is 6.42 Å². The van der Waals surface area contributed by atoms with Crippen molar-refractivity contribution in [3.8, 4) is 0 Å². The third kappa shape index (κ3) is 3.70. The summed E-state index contributed by atoms with van der Waals surface area (Å²) < 4.78 is 5.82. The molecule has 0 radical (unpaired) electrons. The van der Waals surface area contributed by atoms with Crippen molar-refractivity contribution in [1.82, 2.24) is 25.1 Å². The van der Waals surface area contributed by atoms with Crippen molar-refractivity contribution >= 4 is 11.8 Å². The number of nitrogens with zero attached hydrogens (tertiary/aromatic N) is 3. The molecular weight excluding hydrogens is 298 g/mol. The molecule has 2 aliphatic heterocycles. The van der Waals surface area contributed by atoms with E-state index in [1.54, 1.807) is 31.4 Å². The molecule has 1 aromatic heterocycles. The summed E-state index contributed by atoms with van der Waals surface area (Å²) in [6.45, 7) is 2.13. The first kappa shape index (κ1) is 15.9. The third-order valence-corrected chi connectivity index (χ3v) is 4.44. The number of rotatable bonds is 4. The normalized spacial score (nSPS) is 27.5. The summed E-state index contributed by atoms with van der Waals surface area (Å²) in [5.41, 5.74) is 0. The second-order valence-corrected chi connectivity index (χ2v) is 6.40. The van der Waals surface area contributed by atoms with E-state index in [0.717, 1.165) is 19.5 Å². The number of fused-ring (bicyclic) bond motifs is 1. The predicted molar refractivity (Wildman–Crippen MR) is 82.9 cm³/mol. The first-order chi connectivity index (χ1) is 11.0. The van der Waals surface area contributed by atoms with Crippen molar-refractivity contribution in [2.75, 3.05) is 33.8 Å². The SMILES string of the molecule is CN(C)C(=O)C[C@H]1CN2C[C@H](NC(=O)c3ncc[nH]3)C[C@H]2CO1. The zero-order valence-electron chi connectivity index (χ0n) is 13.5. The van der Waals surface area contributed by atoms with E-state index in [2.05, 4.69) is 20.2 Å². The Bertz CT molecular complexity index is 559. The van der Waals surface area contributed by atoms with Gasteiger partial charge in [0.2, 0.25) is 5.91 Å². The van der Waals surface area contributed by atoms with Crippen LogP contribution >= 0.6 is 0 Å². The van der Waals surface area contributed by atoms with Gasteiger partial charge in [-0.25, -0.2) is 4.98 Å².